The molecule has 0 aliphatic heterocycles. The van der Waals surface area contributed by atoms with Crippen molar-refractivity contribution in [1.29, 1.82) is 0 Å². The van der Waals surface area contributed by atoms with Crippen molar-refractivity contribution in [2.45, 2.75) is 13.8 Å². The molecule has 2 aromatic heterocycles. The Morgan fingerprint density at radius 1 is 1.50 bits per heavy atom. The van der Waals surface area contributed by atoms with Crippen LogP contribution in [0.15, 0.2) is 18.2 Å². The molecule has 0 radical (unpaired) electrons. The highest BCUT2D eigenvalue weighted by Gasteiger charge is 2.04. The maximum atomic E-state index is 10.8. The summed E-state index contributed by atoms with van der Waals surface area (Å²) in [6.45, 7) is 3.36. The zero-order valence-electron chi connectivity index (χ0n) is 7.98. The fourth-order valence-electron chi connectivity index (χ4n) is 1.25. The molecule has 5 heteroatoms. The molecule has 72 valence electrons. The predicted octanol–water partition coefficient (Wildman–Crippen LogP) is 0.996. The van der Waals surface area contributed by atoms with Crippen molar-refractivity contribution < 1.29 is 4.79 Å². The largest absolute Gasteiger partial charge is 0.293 e. The first kappa shape index (κ1) is 8.68. The molecule has 2 rings (SSSR count). The Labute approximate surface area is 80.8 Å². The first-order valence-corrected chi connectivity index (χ1v) is 4.27. The SMILES string of the molecule is CC(=O)Nc1nc2cccc(C)n2n1. The summed E-state index contributed by atoms with van der Waals surface area (Å²) in [5.74, 6) is 0.172. The van der Waals surface area contributed by atoms with Gasteiger partial charge < -0.3 is 0 Å². The van der Waals surface area contributed by atoms with E-state index in [0.29, 0.717) is 5.95 Å². The topological polar surface area (TPSA) is 59.3 Å². The Balaban J connectivity index is 2.51. The molecule has 0 aliphatic rings. The van der Waals surface area contributed by atoms with Gasteiger partial charge in [-0.1, -0.05) is 6.07 Å². The third-order valence-electron chi connectivity index (χ3n) is 1.84. The van der Waals surface area contributed by atoms with Crippen molar-refractivity contribution in [3.8, 4) is 0 Å². The minimum absolute atomic E-state index is 0.168. The second kappa shape index (κ2) is 3.10. The van der Waals surface area contributed by atoms with Gasteiger partial charge in [-0.3, -0.25) is 10.1 Å². The first-order chi connectivity index (χ1) is 6.66. The summed E-state index contributed by atoms with van der Waals surface area (Å²) in [5, 5.41) is 6.67. The van der Waals surface area contributed by atoms with Crippen molar-refractivity contribution in [1.82, 2.24) is 14.6 Å². The lowest BCUT2D eigenvalue weighted by molar-refractivity contribution is -0.114. The van der Waals surface area contributed by atoms with Crippen LogP contribution in [0.1, 0.15) is 12.6 Å². The molecule has 0 saturated heterocycles. The number of carbonyl (C=O) groups excluding carboxylic acids is 1. The van der Waals surface area contributed by atoms with Crippen molar-refractivity contribution in [2.24, 2.45) is 0 Å². The van der Waals surface area contributed by atoms with Crippen LogP contribution in [0.2, 0.25) is 0 Å². The average molecular weight is 190 g/mol. The highest BCUT2D eigenvalue weighted by Crippen LogP contribution is 2.07. The number of pyridine rings is 1. The van der Waals surface area contributed by atoms with Gasteiger partial charge in [0.05, 0.1) is 0 Å². The quantitative estimate of drug-likeness (QED) is 0.729. The summed E-state index contributed by atoms with van der Waals surface area (Å²) in [4.78, 5) is 14.9. The zero-order chi connectivity index (χ0) is 10.1. The monoisotopic (exact) mass is 190 g/mol. The lowest BCUT2D eigenvalue weighted by Gasteiger charge is -1.94. The molecular formula is C9H10N4O. The molecule has 2 aromatic rings. The van der Waals surface area contributed by atoms with Crippen molar-refractivity contribution in [3.63, 3.8) is 0 Å². The van der Waals surface area contributed by atoms with Crippen LogP contribution >= 0.6 is 0 Å². The Hall–Kier alpha value is -1.91. The lowest BCUT2D eigenvalue weighted by atomic mass is 10.4. The zero-order valence-corrected chi connectivity index (χ0v) is 7.98. The number of nitrogens with zero attached hydrogens (tertiary/aromatic N) is 3. The number of amides is 1. The van der Waals surface area contributed by atoms with Crippen molar-refractivity contribution in [2.75, 3.05) is 5.32 Å². The van der Waals surface area contributed by atoms with Crippen LogP contribution in [0.4, 0.5) is 5.95 Å². The maximum absolute atomic E-state index is 10.8. The normalized spacial score (nSPS) is 10.4. The molecule has 0 atom stereocenters. The molecule has 0 fully saturated rings. The molecule has 0 aromatic carbocycles. The molecule has 1 amide bonds. The van der Waals surface area contributed by atoms with Crippen LogP contribution < -0.4 is 5.32 Å². The number of hydrogen-bond acceptors (Lipinski definition) is 3. The highest BCUT2D eigenvalue weighted by molar-refractivity contribution is 5.86. The number of nitrogens with one attached hydrogen (secondary N) is 1. The minimum atomic E-state index is -0.168. The number of rotatable bonds is 1. The van der Waals surface area contributed by atoms with Gasteiger partial charge in [-0.2, -0.15) is 4.98 Å². The van der Waals surface area contributed by atoms with E-state index in [1.165, 1.54) is 6.92 Å². The van der Waals surface area contributed by atoms with E-state index in [9.17, 15) is 4.79 Å². The van der Waals surface area contributed by atoms with Gasteiger partial charge in [-0.25, -0.2) is 4.52 Å². The van der Waals surface area contributed by atoms with Crippen molar-refractivity contribution >= 4 is 17.5 Å². The van der Waals surface area contributed by atoms with Gasteiger partial charge in [0.2, 0.25) is 11.9 Å². The summed E-state index contributed by atoms with van der Waals surface area (Å²) in [7, 11) is 0. The predicted molar refractivity (Wildman–Crippen MR) is 52.0 cm³/mol. The van der Waals surface area contributed by atoms with Crippen LogP contribution in [0.3, 0.4) is 0 Å². The lowest BCUT2D eigenvalue weighted by Crippen LogP contribution is -2.07. The van der Waals surface area contributed by atoms with Crippen LogP contribution in [0.5, 0.6) is 0 Å². The van der Waals surface area contributed by atoms with Gasteiger partial charge in [-0.15, -0.1) is 5.10 Å². The number of carbonyl (C=O) groups is 1. The third kappa shape index (κ3) is 1.44. The fraction of sp³-hybridized carbons (Fsp3) is 0.222. The van der Waals surface area contributed by atoms with Gasteiger partial charge in [0.1, 0.15) is 0 Å². The number of anilines is 1. The highest BCUT2D eigenvalue weighted by atomic mass is 16.1. The fourth-order valence-corrected chi connectivity index (χ4v) is 1.25. The van der Waals surface area contributed by atoms with E-state index >= 15 is 0 Å². The summed E-state index contributed by atoms with van der Waals surface area (Å²) < 4.78 is 1.69. The molecule has 0 saturated carbocycles. The van der Waals surface area contributed by atoms with E-state index in [4.69, 9.17) is 0 Å². The first-order valence-electron chi connectivity index (χ1n) is 4.27. The van der Waals surface area contributed by atoms with Crippen LogP contribution in [0, 0.1) is 6.92 Å². The number of fused-ring (bicyclic) bond motifs is 1. The standard InChI is InChI=1S/C9H10N4O/c1-6-4-3-5-8-11-9(10-7(2)14)12-13(6)8/h3-5H,1-2H3,(H,10,12,14). The van der Waals surface area contributed by atoms with Gasteiger partial charge in [0.15, 0.2) is 5.65 Å². The molecule has 5 nitrogen and oxygen atoms in total. The number of aromatic nitrogens is 3. The van der Waals surface area contributed by atoms with Gasteiger partial charge >= 0.3 is 0 Å². The third-order valence-corrected chi connectivity index (χ3v) is 1.84. The summed E-state index contributed by atoms with van der Waals surface area (Å²) in [6, 6.07) is 5.67. The molecule has 0 aliphatic carbocycles. The van der Waals surface area contributed by atoms with Crippen LogP contribution in [-0.4, -0.2) is 20.5 Å². The van der Waals surface area contributed by atoms with E-state index in [-0.39, 0.29) is 5.91 Å². The summed E-state index contributed by atoms with van der Waals surface area (Å²) >= 11 is 0. The molecular weight excluding hydrogens is 180 g/mol. The van der Waals surface area contributed by atoms with Gasteiger partial charge in [-0.05, 0) is 19.1 Å². The minimum Gasteiger partial charge on any atom is -0.293 e. The molecule has 0 spiro atoms. The van der Waals surface area contributed by atoms with E-state index in [1.807, 2.05) is 25.1 Å². The van der Waals surface area contributed by atoms with E-state index in [2.05, 4.69) is 15.4 Å². The van der Waals surface area contributed by atoms with Crippen LogP contribution in [-0.2, 0) is 4.79 Å². The van der Waals surface area contributed by atoms with Gasteiger partial charge in [0.25, 0.3) is 0 Å². The van der Waals surface area contributed by atoms with Crippen molar-refractivity contribution in [3.05, 3.63) is 23.9 Å². The second-order valence-electron chi connectivity index (χ2n) is 3.05. The molecule has 14 heavy (non-hydrogen) atoms. The number of aryl methyl sites for hydroxylation is 1. The average Bonchev–Trinajstić information content (AvgIpc) is 2.47. The Kier molecular flexibility index (Phi) is 1.92. The van der Waals surface area contributed by atoms with E-state index in [0.717, 1.165) is 11.3 Å². The second-order valence-corrected chi connectivity index (χ2v) is 3.05. The summed E-state index contributed by atoms with van der Waals surface area (Å²) in [5.41, 5.74) is 1.71. The molecule has 1 N–H and O–H groups in total. The molecule has 2 heterocycles. The number of hydrogen-bond donors (Lipinski definition) is 1. The Morgan fingerprint density at radius 2 is 2.29 bits per heavy atom. The molecule has 0 unspecified atom stereocenters. The maximum Gasteiger partial charge on any atom is 0.249 e. The Bertz CT molecular complexity index is 489. The van der Waals surface area contributed by atoms with E-state index in [1.54, 1.807) is 4.52 Å². The summed E-state index contributed by atoms with van der Waals surface area (Å²) in [6.07, 6.45) is 0. The van der Waals surface area contributed by atoms with E-state index < -0.39 is 0 Å². The van der Waals surface area contributed by atoms with Crippen LogP contribution in [0.25, 0.3) is 5.65 Å². The van der Waals surface area contributed by atoms with Gasteiger partial charge in [0, 0.05) is 12.6 Å². The molecule has 0 bridgehead atoms. The Morgan fingerprint density at radius 3 is 2.93 bits per heavy atom. The smallest absolute Gasteiger partial charge is 0.249 e.